The van der Waals surface area contributed by atoms with E-state index in [-0.39, 0.29) is 18.0 Å². The summed E-state index contributed by atoms with van der Waals surface area (Å²) in [6.07, 6.45) is -0.225. The molecule has 0 amide bonds. The normalized spacial score (nSPS) is 24.9. The lowest BCUT2D eigenvalue weighted by molar-refractivity contribution is -0.138. The minimum atomic E-state index is -4.39. The largest absolute Gasteiger partial charge is 0.419 e. The van der Waals surface area contributed by atoms with Gasteiger partial charge in [0.25, 0.3) is 0 Å². The van der Waals surface area contributed by atoms with Crippen molar-refractivity contribution in [2.75, 3.05) is 5.32 Å². The van der Waals surface area contributed by atoms with E-state index < -0.39 is 11.7 Å². The van der Waals surface area contributed by atoms with Crippen LogP contribution in [0.4, 0.5) is 19.1 Å². The number of alkyl halides is 3. The second-order valence-electron chi connectivity index (χ2n) is 4.21. The van der Waals surface area contributed by atoms with Crippen LogP contribution >= 0.6 is 0 Å². The van der Waals surface area contributed by atoms with Gasteiger partial charge in [0.2, 0.25) is 5.95 Å². The molecule has 1 aromatic rings. The van der Waals surface area contributed by atoms with Crippen LogP contribution in [0.1, 0.15) is 24.8 Å². The summed E-state index contributed by atoms with van der Waals surface area (Å²) in [5.74, 6) is 0.220. The van der Waals surface area contributed by atoms with Crippen LogP contribution in [0.15, 0.2) is 12.4 Å². The number of anilines is 1. The van der Waals surface area contributed by atoms with E-state index in [2.05, 4.69) is 15.3 Å². The van der Waals surface area contributed by atoms with Crippen molar-refractivity contribution >= 4 is 5.95 Å². The lowest BCUT2D eigenvalue weighted by Gasteiger charge is -2.12. The van der Waals surface area contributed by atoms with Crippen LogP contribution in [0.3, 0.4) is 0 Å². The van der Waals surface area contributed by atoms with E-state index in [1.165, 1.54) is 0 Å². The second kappa shape index (κ2) is 4.48. The van der Waals surface area contributed by atoms with E-state index in [1.54, 1.807) is 0 Å². The van der Waals surface area contributed by atoms with Gasteiger partial charge in [-0.1, -0.05) is 0 Å². The zero-order chi connectivity index (χ0) is 12.5. The van der Waals surface area contributed by atoms with Gasteiger partial charge in [0, 0.05) is 24.5 Å². The number of nitrogens with zero attached hydrogens (tertiary/aromatic N) is 2. The molecule has 0 bridgehead atoms. The van der Waals surface area contributed by atoms with Crippen LogP contribution < -0.4 is 11.1 Å². The summed E-state index contributed by atoms with van der Waals surface area (Å²) in [7, 11) is 0. The molecule has 1 fully saturated rings. The average Bonchev–Trinajstić information content (AvgIpc) is 2.63. The van der Waals surface area contributed by atoms with Gasteiger partial charge in [-0.05, 0) is 19.3 Å². The van der Waals surface area contributed by atoms with Gasteiger partial charge in [-0.15, -0.1) is 0 Å². The maximum Gasteiger partial charge on any atom is 0.419 e. The smallest absolute Gasteiger partial charge is 0.351 e. The predicted molar refractivity (Wildman–Crippen MR) is 56.3 cm³/mol. The van der Waals surface area contributed by atoms with E-state index >= 15 is 0 Å². The van der Waals surface area contributed by atoms with E-state index in [0.717, 1.165) is 31.7 Å². The third kappa shape index (κ3) is 3.06. The average molecular weight is 246 g/mol. The van der Waals surface area contributed by atoms with Crippen LogP contribution in [-0.2, 0) is 6.18 Å². The van der Waals surface area contributed by atoms with Crippen molar-refractivity contribution in [3.8, 4) is 0 Å². The topological polar surface area (TPSA) is 63.8 Å². The number of nitrogens with two attached hydrogens (primary N) is 1. The van der Waals surface area contributed by atoms with Crippen LogP contribution in [0.5, 0.6) is 0 Å². The number of nitrogens with one attached hydrogen (secondary N) is 1. The highest BCUT2D eigenvalue weighted by atomic mass is 19.4. The van der Waals surface area contributed by atoms with Crippen molar-refractivity contribution in [2.45, 2.75) is 37.5 Å². The van der Waals surface area contributed by atoms with E-state index in [9.17, 15) is 13.2 Å². The summed E-state index contributed by atoms with van der Waals surface area (Å²) < 4.78 is 36.8. The van der Waals surface area contributed by atoms with Gasteiger partial charge < -0.3 is 11.1 Å². The van der Waals surface area contributed by atoms with Gasteiger partial charge in [0.05, 0.1) is 5.56 Å². The molecule has 0 aromatic carbocycles. The highest BCUT2D eigenvalue weighted by Crippen LogP contribution is 2.28. The Morgan fingerprint density at radius 1 is 1.24 bits per heavy atom. The summed E-state index contributed by atoms with van der Waals surface area (Å²) in [5, 5.41) is 2.98. The van der Waals surface area contributed by atoms with Crippen LogP contribution in [0.25, 0.3) is 0 Å². The van der Waals surface area contributed by atoms with Gasteiger partial charge in [-0.3, -0.25) is 0 Å². The second-order valence-corrected chi connectivity index (χ2v) is 4.21. The van der Waals surface area contributed by atoms with Crippen molar-refractivity contribution in [3.63, 3.8) is 0 Å². The van der Waals surface area contributed by atoms with Gasteiger partial charge in [0.15, 0.2) is 0 Å². The van der Waals surface area contributed by atoms with Gasteiger partial charge in [-0.2, -0.15) is 13.2 Å². The van der Waals surface area contributed by atoms with Crippen LogP contribution in [-0.4, -0.2) is 22.1 Å². The standard InChI is InChI=1S/C10H13F3N4/c11-10(12,13)6-4-15-9(16-5-6)17-8-2-1-7(14)3-8/h4-5,7-8H,1-3,14H2,(H,15,16,17)/t7-,8-/m0/s1. The molecule has 1 saturated carbocycles. The molecule has 1 aromatic heterocycles. The summed E-state index contributed by atoms with van der Waals surface area (Å²) in [5.41, 5.74) is 4.89. The molecule has 7 heteroatoms. The number of hydrogen-bond donors (Lipinski definition) is 2. The maximum atomic E-state index is 12.3. The Hall–Kier alpha value is -1.37. The molecule has 0 radical (unpaired) electrons. The quantitative estimate of drug-likeness (QED) is 0.835. The number of rotatable bonds is 2. The molecule has 0 saturated heterocycles. The van der Waals surface area contributed by atoms with Crippen LogP contribution in [0.2, 0.25) is 0 Å². The van der Waals surface area contributed by atoms with Gasteiger partial charge in [-0.25, -0.2) is 9.97 Å². The molecular weight excluding hydrogens is 233 g/mol. The summed E-state index contributed by atoms with van der Waals surface area (Å²) in [6.45, 7) is 0. The summed E-state index contributed by atoms with van der Waals surface area (Å²) in [6, 6.07) is 0.309. The van der Waals surface area contributed by atoms with Crippen molar-refractivity contribution in [2.24, 2.45) is 5.73 Å². The van der Waals surface area contributed by atoms with E-state index in [1.807, 2.05) is 0 Å². The molecule has 1 aliphatic rings. The zero-order valence-electron chi connectivity index (χ0n) is 9.04. The van der Waals surface area contributed by atoms with Crippen molar-refractivity contribution in [1.82, 2.24) is 9.97 Å². The highest BCUT2D eigenvalue weighted by molar-refractivity contribution is 5.27. The van der Waals surface area contributed by atoms with E-state index in [4.69, 9.17) is 5.73 Å². The Bertz CT molecular complexity index is 376. The fourth-order valence-corrected chi connectivity index (χ4v) is 1.88. The Balaban J connectivity index is 1.99. The molecule has 94 valence electrons. The Morgan fingerprint density at radius 3 is 2.35 bits per heavy atom. The first kappa shape index (κ1) is 12.1. The molecule has 0 spiro atoms. The third-order valence-electron chi connectivity index (χ3n) is 2.79. The maximum absolute atomic E-state index is 12.3. The molecule has 2 atom stereocenters. The lowest BCUT2D eigenvalue weighted by Crippen LogP contribution is -2.21. The lowest BCUT2D eigenvalue weighted by atomic mass is 10.2. The Morgan fingerprint density at radius 2 is 1.88 bits per heavy atom. The minimum absolute atomic E-state index is 0.154. The van der Waals surface area contributed by atoms with Gasteiger partial charge in [0.1, 0.15) is 0 Å². The first-order chi connectivity index (χ1) is 7.95. The molecule has 2 rings (SSSR count). The van der Waals surface area contributed by atoms with Crippen molar-refractivity contribution < 1.29 is 13.2 Å². The predicted octanol–water partition coefficient (Wildman–Crippen LogP) is 1.79. The number of aromatic nitrogens is 2. The van der Waals surface area contributed by atoms with Gasteiger partial charge >= 0.3 is 6.18 Å². The van der Waals surface area contributed by atoms with Crippen molar-refractivity contribution in [3.05, 3.63) is 18.0 Å². The van der Waals surface area contributed by atoms with Crippen LogP contribution in [0, 0.1) is 0 Å². The molecule has 0 unspecified atom stereocenters. The minimum Gasteiger partial charge on any atom is -0.351 e. The highest BCUT2D eigenvalue weighted by Gasteiger charge is 2.31. The first-order valence-electron chi connectivity index (χ1n) is 5.36. The molecule has 0 aliphatic heterocycles. The van der Waals surface area contributed by atoms with E-state index in [0.29, 0.717) is 0 Å². The number of halogens is 3. The molecule has 3 N–H and O–H groups in total. The Kier molecular flexibility index (Phi) is 3.19. The zero-order valence-corrected chi connectivity index (χ0v) is 9.04. The summed E-state index contributed by atoms with van der Waals surface area (Å²) in [4.78, 5) is 7.30. The Labute approximate surface area is 96.4 Å². The molecule has 4 nitrogen and oxygen atoms in total. The molecule has 1 heterocycles. The fourth-order valence-electron chi connectivity index (χ4n) is 1.88. The molecule has 1 aliphatic carbocycles. The summed E-state index contributed by atoms with van der Waals surface area (Å²) >= 11 is 0. The SMILES string of the molecule is N[C@H]1CC[C@H](Nc2ncc(C(F)(F)F)cn2)C1. The third-order valence-corrected chi connectivity index (χ3v) is 2.79. The first-order valence-corrected chi connectivity index (χ1v) is 5.36. The monoisotopic (exact) mass is 246 g/mol. The number of hydrogen-bond acceptors (Lipinski definition) is 4. The van der Waals surface area contributed by atoms with Crippen molar-refractivity contribution in [1.29, 1.82) is 0 Å². The molecule has 17 heavy (non-hydrogen) atoms. The molecular formula is C10H13F3N4. The fraction of sp³-hybridized carbons (Fsp3) is 0.600.